The Labute approximate surface area is 102 Å². The number of halogens is 1. The van der Waals surface area contributed by atoms with Gasteiger partial charge in [-0.2, -0.15) is 0 Å². The van der Waals surface area contributed by atoms with Crippen molar-refractivity contribution in [3.63, 3.8) is 0 Å². The van der Waals surface area contributed by atoms with Crippen molar-refractivity contribution in [3.8, 4) is 0 Å². The monoisotopic (exact) mass is 247 g/mol. The van der Waals surface area contributed by atoms with Crippen LogP contribution in [0.4, 0.5) is 0 Å². The molecule has 17 heavy (non-hydrogen) atoms. The highest BCUT2D eigenvalue weighted by molar-refractivity contribution is 6.31. The summed E-state index contributed by atoms with van der Waals surface area (Å²) >= 11 is 5.99. The SMILES string of the molecule is Cc1c2cc(Cl)ccc2n2c(C)coc(=O)c12. The highest BCUT2D eigenvalue weighted by atomic mass is 35.5. The molecule has 3 rings (SSSR count). The van der Waals surface area contributed by atoms with E-state index in [-0.39, 0.29) is 5.63 Å². The lowest BCUT2D eigenvalue weighted by atomic mass is 10.2. The summed E-state index contributed by atoms with van der Waals surface area (Å²) in [5, 5.41) is 1.65. The number of hydrogen-bond acceptors (Lipinski definition) is 2. The Bertz CT molecular complexity index is 798. The number of nitrogens with zero attached hydrogens (tertiary/aromatic N) is 1. The van der Waals surface area contributed by atoms with E-state index in [0.717, 1.165) is 22.2 Å². The zero-order chi connectivity index (χ0) is 12.2. The molecule has 0 N–H and O–H groups in total. The molecule has 0 unspecified atom stereocenters. The molecule has 4 heteroatoms. The van der Waals surface area contributed by atoms with Crippen LogP contribution in [-0.4, -0.2) is 4.40 Å². The Morgan fingerprint density at radius 3 is 2.82 bits per heavy atom. The van der Waals surface area contributed by atoms with Crippen molar-refractivity contribution in [1.82, 2.24) is 4.40 Å². The molecular formula is C13H10ClNO2. The lowest BCUT2D eigenvalue weighted by Crippen LogP contribution is -2.05. The van der Waals surface area contributed by atoms with E-state index in [2.05, 4.69) is 0 Å². The number of hydrogen-bond donors (Lipinski definition) is 0. The summed E-state index contributed by atoms with van der Waals surface area (Å²) in [5.74, 6) is 0. The molecule has 0 atom stereocenters. The van der Waals surface area contributed by atoms with Gasteiger partial charge in [0.15, 0.2) is 0 Å². The average Bonchev–Trinajstić information content (AvgIpc) is 2.59. The molecule has 2 heterocycles. The lowest BCUT2D eigenvalue weighted by molar-refractivity contribution is 0.504. The van der Waals surface area contributed by atoms with Gasteiger partial charge in [0.05, 0.1) is 11.2 Å². The second-order valence-electron chi connectivity index (χ2n) is 4.14. The summed E-state index contributed by atoms with van der Waals surface area (Å²) in [7, 11) is 0. The highest BCUT2D eigenvalue weighted by Gasteiger charge is 2.14. The van der Waals surface area contributed by atoms with Crippen LogP contribution < -0.4 is 5.63 Å². The van der Waals surface area contributed by atoms with Gasteiger partial charge in [0.2, 0.25) is 0 Å². The number of benzene rings is 1. The van der Waals surface area contributed by atoms with Crippen LogP contribution in [0, 0.1) is 13.8 Å². The van der Waals surface area contributed by atoms with E-state index in [1.54, 1.807) is 0 Å². The molecule has 0 bridgehead atoms. The van der Waals surface area contributed by atoms with Gasteiger partial charge in [0.1, 0.15) is 11.8 Å². The smallest absolute Gasteiger partial charge is 0.360 e. The normalized spacial score (nSPS) is 11.5. The van der Waals surface area contributed by atoms with Crippen molar-refractivity contribution < 1.29 is 4.42 Å². The maximum absolute atomic E-state index is 11.8. The van der Waals surface area contributed by atoms with Crippen LogP contribution >= 0.6 is 11.6 Å². The minimum atomic E-state index is -0.319. The van der Waals surface area contributed by atoms with E-state index in [1.165, 1.54) is 6.26 Å². The highest BCUT2D eigenvalue weighted by Crippen LogP contribution is 2.27. The summed E-state index contributed by atoms with van der Waals surface area (Å²) in [6, 6.07) is 5.62. The predicted molar refractivity (Wildman–Crippen MR) is 67.9 cm³/mol. The van der Waals surface area contributed by atoms with Gasteiger partial charge in [-0.15, -0.1) is 0 Å². The van der Waals surface area contributed by atoms with Crippen LogP contribution in [0.15, 0.2) is 33.7 Å². The number of fused-ring (bicyclic) bond motifs is 3. The fourth-order valence-corrected chi connectivity index (χ4v) is 2.45. The Morgan fingerprint density at radius 2 is 2.06 bits per heavy atom. The standard InChI is InChI=1S/C13H10ClNO2/c1-7-6-17-13(16)12-8(2)10-5-9(14)3-4-11(10)15(7)12/h3-6H,1-2H3. The Hall–Kier alpha value is -1.74. The summed E-state index contributed by atoms with van der Waals surface area (Å²) in [5.41, 5.74) is 3.04. The Kier molecular flexibility index (Phi) is 2.07. The van der Waals surface area contributed by atoms with E-state index in [4.69, 9.17) is 16.0 Å². The summed E-state index contributed by atoms with van der Waals surface area (Å²) < 4.78 is 6.91. The third kappa shape index (κ3) is 1.32. The fraction of sp³-hybridized carbons (Fsp3) is 0.154. The first kappa shape index (κ1) is 10.4. The molecule has 3 aromatic rings. The molecule has 0 saturated heterocycles. The largest absolute Gasteiger partial charge is 0.428 e. The van der Waals surface area contributed by atoms with Crippen LogP contribution in [-0.2, 0) is 0 Å². The maximum atomic E-state index is 11.8. The number of aryl methyl sites for hydroxylation is 2. The number of rotatable bonds is 0. The summed E-state index contributed by atoms with van der Waals surface area (Å²) in [6.45, 7) is 3.81. The van der Waals surface area contributed by atoms with Gasteiger partial charge in [-0.3, -0.25) is 0 Å². The number of aromatic nitrogens is 1. The first-order valence-corrected chi connectivity index (χ1v) is 5.66. The van der Waals surface area contributed by atoms with Crippen molar-refractivity contribution in [3.05, 3.63) is 51.2 Å². The van der Waals surface area contributed by atoms with Gasteiger partial charge in [-0.05, 0) is 37.6 Å². The van der Waals surface area contributed by atoms with Crippen molar-refractivity contribution in [2.75, 3.05) is 0 Å². The van der Waals surface area contributed by atoms with Crippen molar-refractivity contribution in [2.45, 2.75) is 13.8 Å². The lowest BCUT2D eigenvalue weighted by Gasteiger charge is -2.00. The van der Waals surface area contributed by atoms with Gasteiger partial charge < -0.3 is 8.82 Å². The van der Waals surface area contributed by atoms with Crippen LogP contribution in [0.5, 0.6) is 0 Å². The molecule has 0 aliphatic heterocycles. The molecule has 0 amide bonds. The van der Waals surface area contributed by atoms with Crippen LogP contribution in [0.2, 0.25) is 5.02 Å². The van der Waals surface area contributed by atoms with E-state index >= 15 is 0 Å². The first-order valence-electron chi connectivity index (χ1n) is 5.28. The van der Waals surface area contributed by atoms with Crippen molar-refractivity contribution >= 4 is 28.0 Å². The minimum absolute atomic E-state index is 0.319. The zero-order valence-corrected chi connectivity index (χ0v) is 10.2. The topological polar surface area (TPSA) is 34.6 Å². The van der Waals surface area contributed by atoms with E-state index in [9.17, 15) is 4.79 Å². The van der Waals surface area contributed by atoms with E-state index in [1.807, 2.05) is 36.4 Å². The Morgan fingerprint density at radius 1 is 1.29 bits per heavy atom. The molecule has 0 aliphatic carbocycles. The second kappa shape index (κ2) is 3.37. The molecule has 86 valence electrons. The summed E-state index contributed by atoms with van der Waals surface area (Å²) in [6.07, 6.45) is 1.48. The van der Waals surface area contributed by atoms with Gasteiger partial charge in [0, 0.05) is 10.4 Å². The van der Waals surface area contributed by atoms with Crippen LogP contribution in [0.25, 0.3) is 16.4 Å². The molecule has 0 aliphatic rings. The molecule has 0 spiro atoms. The van der Waals surface area contributed by atoms with E-state index in [0.29, 0.717) is 10.5 Å². The quantitative estimate of drug-likeness (QED) is 0.611. The molecule has 1 aromatic carbocycles. The second-order valence-corrected chi connectivity index (χ2v) is 4.57. The molecule has 0 fully saturated rings. The van der Waals surface area contributed by atoms with Gasteiger partial charge in [-0.25, -0.2) is 4.79 Å². The first-order chi connectivity index (χ1) is 8.09. The van der Waals surface area contributed by atoms with Crippen molar-refractivity contribution in [1.29, 1.82) is 0 Å². The third-order valence-electron chi connectivity index (χ3n) is 3.06. The predicted octanol–water partition coefficient (Wildman–Crippen LogP) is 3.32. The van der Waals surface area contributed by atoms with Gasteiger partial charge in [-0.1, -0.05) is 11.6 Å². The fourth-order valence-electron chi connectivity index (χ4n) is 2.28. The average molecular weight is 248 g/mol. The zero-order valence-electron chi connectivity index (χ0n) is 9.45. The molecular weight excluding hydrogens is 238 g/mol. The summed E-state index contributed by atoms with van der Waals surface area (Å²) in [4.78, 5) is 11.8. The Balaban J connectivity index is 2.73. The molecule has 0 saturated carbocycles. The van der Waals surface area contributed by atoms with Gasteiger partial charge in [0.25, 0.3) is 0 Å². The maximum Gasteiger partial charge on any atom is 0.360 e. The molecule has 0 radical (unpaired) electrons. The van der Waals surface area contributed by atoms with Crippen molar-refractivity contribution in [2.24, 2.45) is 0 Å². The minimum Gasteiger partial charge on any atom is -0.428 e. The van der Waals surface area contributed by atoms with Crippen LogP contribution in [0.1, 0.15) is 11.3 Å². The molecule has 3 nitrogen and oxygen atoms in total. The molecule has 2 aromatic heterocycles. The van der Waals surface area contributed by atoms with E-state index < -0.39 is 0 Å². The van der Waals surface area contributed by atoms with Crippen LogP contribution in [0.3, 0.4) is 0 Å². The third-order valence-corrected chi connectivity index (χ3v) is 3.30. The van der Waals surface area contributed by atoms with Gasteiger partial charge >= 0.3 is 5.63 Å².